The van der Waals surface area contributed by atoms with Crippen LogP contribution in [0.4, 0.5) is 4.39 Å². The molecule has 3 aromatic carbocycles. The molecular formula is C26H24FN3O2. The van der Waals surface area contributed by atoms with Crippen LogP contribution in [-0.2, 0) is 6.61 Å². The Bertz CT molecular complexity index is 1210. The summed E-state index contributed by atoms with van der Waals surface area (Å²) in [5.41, 5.74) is 3.25. The van der Waals surface area contributed by atoms with Gasteiger partial charge in [-0.25, -0.2) is 9.37 Å². The molecule has 0 atom stereocenters. The number of nitrogens with zero attached hydrogens (tertiary/aromatic N) is 2. The lowest BCUT2D eigenvalue weighted by Crippen LogP contribution is -2.38. The molecule has 0 spiro atoms. The molecule has 6 heteroatoms. The third-order valence-electron chi connectivity index (χ3n) is 5.98. The van der Waals surface area contributed by atoms with E-state index in [0.29, 0.717) is 30.8 Å². The lowest BCUT2D eigenvalue weighted by molar-refractivity contribution is 0.0711. The zero-order chi connectivity index (χ0) is 21.9. The standard InChI is InChI=1S/C26H24FN3O2/c27-21-8-11-23-24(16-21)29-25(28-23)19-12-14-30(15-13-19)26(31)20-6-9-22(10-7-20)32-17-18-4-2-1-3-5-18/h1-11,16,19H,12-15,17H2,(H,28,29). The molecule has 1 aromatic heterocycles. The Morgan fingerprint density at radius 1 is 1.03 bits per heavy atom. The van der Waals surface area contributed by atoms with Crippen molar-refractivity contribution in [2.24, 2.45) is 0 Å². The summed E-state index contributed by atoms with van der Waals surface area (Å²) in [6.45, 7) is 1.83. The predicted molar refractivity (Wildman–Crippen MR) is 121 cm³/mol. The van der Waals surface area contributed by atoms with E-state index in [0.717, 1.165) is 35.5 Å². The minimum Gasteiger partial charge on any atom is -0.489 e. The highest BCUT2D eigenvalue weighted by Crippen LogP contribution is 2.29. The quantitative estimate of drug-likeness (QED) is 0.468. The molecule has 1 amide bonds. The Hall–Kier alpha value is -3.67. The van der Waals surface area contributed by atoms with Crippen LogP contribution in [0, 0.1) is 5.82 Å². The number of ether oxygens (including phenoxy) is 1. The molecule has 1 saturated heterocycles. The molecule has 1 aliphatic heterocycles. The van der Waals surface area contributed by atoms with Crippen LogP contribution in [0.2, 0.25) is 0 Å². The number of rotatable bonds is 5. The number of imidazole rings is 1. The number of carbonyl (C=O) groups is 1. The molecule has 1 aliphatic rings. The van der Waals surface area contributed by atoms with Crippen molar-refractivity contribution in [3.8, 4) is 5.75 Å². The minimum absolute atomic E-state index is 0.0322. The van der Waals surface area contributed by atoms with Crippen molar-refractivity contribution >= 4 is 16.9 Å². The van der Waals surface area contributed by atoms with E-state index in [9.17, 15) is 9.18 Å². The molecule has 5 nitrogen and oxygen atoms in total. The molecule has 1 fully saturated rings. The van der Waals surface area contributed by atoms with E-state index in [-0.39, 0.29) is 17.6 Å². The maximum absolute atomic E-state index is 13.4. The van der Waals surface area contributed by atoms with Crippen LogP contribution in [0.5, 0.6) is 5.75 Å². The van der Waals surface area contributed by atoms with Crippen molar-refractivity contribution in [3.63, 3.8) is 0 Å². The molecule has 4 aromatic rings. The van der Waals surface area contributed by atoms with Crippen LogP contribution >= 0.6 is 0 Å². The summed E-state index contributed by atoms with van der Waals surface area (Å²) >= 11 is 0. The molecule has 0 unspecified atom stereocenters. The number of carbonyl (C=O) groups excluding carboxylic acids is 1. The summed E-state index contributed by atoms with van der Waals surface area (Å²) in [6, 6.07) is 21.9. The number of hydrogen-bond donors (Lipinski definition) is 1. The molecule has 0 aliphatic carbocycles. The SMILES string of the molecule is O=C(c1ccc(OCc2ccccc2)cc1)N1CCC(c2nc3ccc(F)cc3[nH]2)CC1. The average Bonchev–Trinajstić information content (AvgIpc) is 3.27. The van der Waals surface area contributed by atoms with Gasteiger partial charge in [-0.05, 0) is 60.9 Å². The second-order valence-corrected chi connectivity index (χ2v) is 8.15. The largest absolute Gasteiger partial charge is 0.489 e. The molecule has 5 rings (SSSR count). The van der Waals surface area contributed by atoms with Crippen LogP contribution in [0.25, 0.3) is 11.0 Å². The average molecular weight is 429 g/mol. The van der Waals surface area contributed by atoms with Crippen molar-refractivity contribution < 1.29 is 13.9 Å². The smallest absolute Gasteiger partial charge is 0.253 e. The highest BCUT2D eigenvalue weighted by molar-refractivity contribution is 5.94. The Labute approximate surface area is 185 Å². The first-order valence-electron chi connectivity index (χ1n) is 10.9. The van der Waals surface area contributed by atoms with E-state index in [4.69, 9.17) is 4.74 Å². The molecule has 0 saturated carbocycles. The first-order chi connectivity index (χ1) is 15.7. The predicted octanol–water partition coefficient (Wildman–Crippen LogP) is 5.30. The lowest BCUT2D eigenvalue weighted by Gasteiger charge is -2.31. The topological polar surface area (TPSA) is 58.2 Å². The number of likely N-dealkylation sites (tertiary alicyclic amines) is 1. The minimum atomic E-state index is -0.274. The number of piperidine rings is 1. The molecular weight excluding hydrogens is 405 g/mol. The fourth-order valence-corrected chi connectivity index (χ4v) is 4.17. The van der Waals surface area contributed by atoms with Gasteiger partial charge in [0.25, 0.3) is 5.91 Å². The van der Waals surface area contributed by atoms with Gasteiger partial charge in [0.2, 0.25) is 0 Å². The van der Waals surface area contributed by atoms with Crippen molar-refractivity contribution in [3.05, 3.63) is 95.6 Å². The number of amides is 1. The highest BCUT2D eigenvalue weighted by Gasteiger charge is 2.26. The van der Waals surface area contributed by atoms with Gasteiger partial charge in [0.15, 0.2) is 0 Å². The van der Waals surface area contributed by atoms with Gasteiger partial charge in [-0.2, -0.15) is 0 Å². The number of H-pyrrole nitrogens is 1. The van der Waals surface area contributed by atoms with Crippen LogP contribution in [0.3, 0.4) is 0 Å². The maximum Gasteiger partial charge on any atom is 0.253 e. The van der Waals surface area contributed by atoms with Crippen molar-refractivity contribution in [1.29, 1.82) is 0 Å². The third-order valence-corrected chi connectivity index (χ3v) is 5.98. The van der Waals surface area contributed by atoms with E-state index >= 15 is 0 Å². The van der Waals surface area contributed by atoms with Gasteiger partial charge in [0, 0.05) is 24.6 Å². The first-order valence-corrected chi connectivity index (χ1v) is 10.9. The number of aromatic amines is 1. The first kappa shape index (κ1) is 20.2. The third kappa shape index (κ3) is 4.35. The van der Waals surface area contributed by atoms with Gasteiger partial charge in [-0.15, -0.1) is 0 Å². The van der Waals surface area contributed by atoms with E-state index in [1.165, 1.54) is 12.1 Å². The Balaban J connectivity index is 1.17. The summed E-state index contributed by atoms with van der Waals surface area (Å²) in [4.78, 5) is 22.7. The number of hydrogen-bond acceptors (Lipinski definition) is 3. The Morgan fingerprint density at radius 3 is 2.53 bits per heavy atom. The van der Waals surface area contributed by atoms with Gasteiger partial charge in [-0.1, -0.05) is 30.3 Å². The number of benzene rings is 3. The Kier molecular flexibility index (Phi) is 5.58. The van der Waals surface area contributed by atoms with Crippen LogP contribution in [0.15, 0.2) is 72.8 Å². The number of halogens is 1. The molecule has 2 heterocycles. The monoisotopic (exact) mass is 429 g/mol. The van der Waals surface area contributed by atoms with Crippen molar-refractivity contribution in [2.75, 3.05) is 13.1 Å². The zero-order valence-electron chi connectivity index (χ0n) is 17.6. The van der Waals surface area contributed by atoms with Gasteiger partial charge >= 0.3 is 0 Å². The van der Waals surface area contributed by atoms with Crippen molar-refractivity contribution in [1.82, 2.24) is 14.9 Å². The fourth-order valence-electron chi connectivity index (χ4n) is 4.17. The fraction of sp³-hybridized carbons (Fsp3) is 0.231. The van der Waals surface area contributed by atoms with Crippen LogP contribution in [-0.4, -0.2) is 33.9 Å². The molecule has 32 heavy (non-hydrogen) atoms. The van der Waals surface area contributed by atoms with E-state index < -0.39 is 0 Å². The van der Waals surface area contributed by atoms with Gasteiger partial charge in [0.05, 0.1) is 11.0 Å². The van der Waals surface area contributed by atoms with Gasteiger partial charge in [-0.3, -0.25) is 4.79 Å². The lowest BCUT2D eigenvalue weighted by atomic mass is 9.95. The normalized spacial score (nSPS) is 14.6. The van der Waals surface area contributed by atoms with Crippen LogP contribution in [0.1, 0.15) is 40.5 Å². The summed E-state index contributed by atoms with van der Waals surface area (Å²) < 4.78 is 19.2. The number of fused-ring (bicyclic) bond motifs is 1. The summed E-state index contributed by atoms with van der Waals surface area (Å²) in [7, 11) is 0. The van der Waals surface area contributed by atoms with E-state index in [1.54, 1.807) is 6.07 Å². The van der Waals surface area contributed by atoms with Gasteiger partial charge in [0.1, 0.15) is 24.0 Å². The maximum atomic E-state index is 13.4. The molecule has 0 radical (unpaired) electrons. The second kappa shape index (κ2) is 8.83. The zero-order valence-corrected chi connectivity index (χ0v) is 17.6. The van der Waals surface area contributed by atoms with E-state index in [2.05, 4.69) is 9.97 Å². The number of nitrogens with one attached hydrogen (secondary N) is 1. The molecule has 1 N–H and O–H groups in total. The van der Waals surface area contributed by atoms with E-state index in [1.807, 2.05) is 59.5 Å². The summed E-state index contributed by atoms with van der Waals surface area (Å²) in [6.07, 6.45) is 1.65. The number of aromatic nitrogens is 2. The Morgan fingerprint density at radius 2 is 1.78 bits per heavy atom. The summed E-state index contributed by atoms with van der Waals surface area (Å²) in [5.74, 6) is 1.61. The molecule has 0 bridgehead atoms. The second-order valence-electron chi connectivity index (χ2n) is 8.15. The highest BCUT2D eigenvalue weighted by atomic mass is 19.1. The summed E-state index contributed by atoms with van der Waals surface area (Å²) in [5, 5.41) is 0. The molecule has 162 valence electrons. The van der Waals surface area contributed by atoms with Gasteiger partial charge < -0.3 is 14.6 Å². The van der Waals surface area contributed by atoms with Crippen molar-refractivity contribution in [2.45, 2.75) is 25.4 Å². The van der Waals surface area contributed by atoms with Crippen LogP contribution < -0.4 is 4.74 Å².